The van der Waals surface area contributed by atoms with Gasteiger partial charge in [-0.25, -0.2) is 0 Å². The number of nitrogens with two attached hydrogens (primary N) is 1. The fraction of sp³-hybridized carbons (Fsp3) is 0.462. The molecule has 1 aliphatic carbocycles. The fourth-order valence-corrected chi connectivity index (χ4v) is 2.18. The van der Waals surface area contributed by atoms with Crippen LogP contribution in [0.5, 0.6) is 5.75 Å². The molecule has 0 heterocycles. The van der Waals surface area contributed by atoms with Crippen molar-refractivity contribution in [2.24, 2.45) is 10.9 Å². The Kier molecular flexibility index (Phi) is 4.50. The summed E-state index contributed by atoms with van der Waals surface area (Å²) in [6, 6.07) is 5.91. The summed E-state index contributed by atoms with van der Waals surface area (Å²) in [4.78, 5) is 2.27. The molecule has 0 unspecified atom stereocenters. The number of nitrogens with zero attached hydrogens (tertiary/aromatic N) is 2. The lowest BCUT2D eigenvalue weighted by Gasteiger charge is -2.17. The molecule has 0 radical (unpaired) electrons. The summed E-state index contributed by atoms with van der Waals surface area (Å²) >= 11 is 6.04. The number of benzene rings is 1. The molecule has 5 nitrogen and oxygen atoms in total. The van der Waals surface area contributed by atoms with E-state index >= 15 is 0 Å². The largest absolute Gasteiger partial charge is 0.491 e. The molecular formula is C13H18ClN3O2. The second-order valence-electron chi connectivity index (χ2n) is 4.66. The van der Waals surface area contributed by atoms with Crippen LogP contribution in [0.4, 0.5) is 0 Å². The number of halogens is 1. The van der Waals surface area contributed by atoms with Crippen molar-refractivity contribution >= 4 is 17.4 Å². The number of ether oxygens (including phenoxy) is 1. The average Bonchev–Trinajstić information content (AvgIpc) is 3.22. The summed E-state index contributed by atoms with van der Waals surface area (Å²) in [6.45, 7) is 1.38. The van der Waals surface area contributed by atoms with Crippen LogP contribution in [0.25, 0.3) is 0 Å². The first-order chi connectivity index (χ1) is 9.13. The molecule has 0 aromatic heterocycles. The van der Waals surface area contributed by atoms with Gasteiger partial charge in [-0.15, -0.1) is 0 Å². The standard InChI is InChI=1S/C13H18ClN3O2/c1-17(9-5-6-9)7-8-19-11-4-2-3-10(14)12(11)13(15)16-18/h2-4,9,18H,5-8H2,1H3,(H2,15,16). The molecule has 0 amide bonds. The molecule has 1 fully saturated rings. The van der Waals surface area contributed by atoms with Crippen molar-refractivity contribution in [2.45, 2.75) is 18.9 Å². The van der Waals surface area contributed by atoms with Crippen LogP contribution in [-0.4, -0.2) is 42.2 Å². The van der Waals surface area contributed by atoms with Crippen LogP contribution in [0.3, 0.4) is 0 Å². The van der Waals surface area contributed by atoms with Crippen LogP contribution in [0.15, 0.2) is 23.4 Å². The lowest BCUT2D eigenvalue weighted by Crippen LogP contribution is -2.26. The van der Waals surface area contributed by atoms with Gasteiger partial charge in [-0.05, 0) is 32.0 Å². The van der Waals surface area contributed by atoms with Gasteiger partial charge in [0.2, 0.25) is 0 Å². The molecule has 0 bridgehead atoms. The Labute approximate surface area is 117 Å². The monoisotopic (exact) mass is 283 g/mol. The highest BCUT2D eigenvalue weighted by Gasteiger charge is 2.25. The lowest BCUT2D eigenvalue weighted by molar-refractivity contribution is 0.231. The van der Waals surface area contributed by atoms with Crippen molar-refractivity contribution in [1.29, 1.82) is 0 Å². The third-order valence-corrected chi connectivity index (χ3v) is 3.53. The number of likely N-dealkylation sites (N-methyl/N-ethyl adjacent to an activating group) is 1. The van der Waals surface area contributed by atoms with Gasteiger partial charge in [-0.1, -0.05) is 22.8 Å². The van der Waals surface area contributed by atoms with E-state index in [9.17, 15) is 0 Å². The van der Waals surface area contributed by atoms with Gasteiger partial charge in [-0.2, -0.15) is 0 Å². The van der Waals surface area contributed by atoms with E-state index in [4.69, 9.17) is 27.3 Å². The van der Waals surface area contributed by atoms with E-state index in [1.54, 1.807) is 18.2 Å². The molecule has 1 aromatic rings. The van der Waals surface area contributed by atoms with Gasteiger partial charge in [0.25, 0.3) is 0 Å². The Morgan fingerprint density at radius 3 is 2.95 bits per heavy atom. The van der Waals surface area contributed by atoms with Crippen LogP contribution >= 0.6 is 11.6 Å². The maximum absolute atomic E-state index is 8.77. The molecule has 0 saturated heterocycles. The van der Waals surface area contributed by atoms with Crippen LogP contribution in [0, 0.1) is 0 Å². The second kappa shape index (κ2) is 6.12. The van der Waals surface area contributed by atoms with Crippen LogP contribution in [-0.2, 0) is 0 Å². The van der Waals surface area contributed by atoms with E-state index in [2.05, 4.69) is 17.1 Å². The molecule has 19 heavy (non-hydrogen) atoms. The number of oxime groups is 1. The summed E-state index contributed by atoms with van der Waals surface area (Å²) in [5.41, 5.74) is 6.04. The van der Waals surface area contributed by atoms with Gasteiger partial charge in [0.1, 0.15) is 12.4 Å². The maximum Gasteiger partial charge on any atom is 0.175 e. The first-order valence-corrected chi connectivity index (χ1v) is 6.60. The second-order valence-corrected chi connectivity index (χ2v) is 5.07. The van der Waals surface area contributed by atoms with Gasteiger partial charge in [0.15, 0.2) is 5.84 Å². The molecule has 0 aliphatic heterocycles. The van der Waals surface area contributed by atoms with Gasteiger partial charge in [0, 0.05) is 12.6 Å². The van der Waals surface area contributed by atoms with Gasteiger partial charge < -0.3 is 20.6 Å². The summed E-state index contributed by atoms with van der Waals surface area (Å²) in [5, 5.41) is 12.2. The minimum atomic E-state index is -0.0452. The zero-order chi connectivity index (χ0) is 13.8. The highest BCUT2D eigenvalue weighted by molar-refractivity contribution is 6.34. The lowest BCUT2D eigenvalue weighted by atomic mass is 10.2. The van der Waals surface area contributed by atoms with Crippen molar-refractivity contribution in [3.63, 3.8) is 0 Å². The van der Waals surface area contributed by atoms with Crippen molar-refractivity contribution in [2.75, 3.05) is 20.2 Å². The van der Waals surface area contributed by atoms with Crippen molar-refractivity contribution in [3.8, 4) is 5.75 Å². The number of hydrogen-bond donors (Lipinski definition) is 2. The summed E-state index contributed by atoms with van der Waals surface area (Å²) in [6.07, 6.45) is 2.53. The van der Waals surface area contributed by atoms with Crippen molar-refractivity contribution in [1.82, 2.24) is 4.90 Å². The Morgan fingerprint density at radius 1 is 1.58 bits per heavy atom. The molecule has 0 atom stereocenters. The van der Waals surface area contributed by atoms with E-state index < -0.39 is 0 Å². The van der Waals surface area contributed by atoms with E-state index in [1.165, 1.54) is 12.8 Å². The van der Waals surface area contributed by atoms with Gasteiger partial charge >= 0.3 is 0 Å². The normalized spacial score (nSPS) is 15.8. The molecule has 104 valence electrons. The molecule has 1 aliphatic rings. The van der Waals surface area contributed by atoms with E-state index in [-0.39, 0.29) is 5.84 Å². The van der Waals surface area contributed by atoms with E-state index in [0.29, 0.717) is 29.0 Å². The fourth-order valence-electron chi connectivity index (χ4n) is 1.92. The predicted octanol–water partition coefficient (Wildman–Crippen LogP) is 1.91. The Hall–Kier alpha value is -1.46. The zero-order valence-corrected chi connectivity index (χ0v) is 11.6. The predicted molar refractivity (Wildman–Crippen MR) is 75.1 cm³/mol. The number of amidine groups is 1. The number of hydrogen-bond acceptors (Lipinski definition) is 4. The summed E-state index contributed by atoms with van der Waals surface area (Å²) in [7, 11) is 2.09. The molecule has 2 rings (SSSR count). The van der Waals surface area contributed by atoms with E-state index in [1.807, 2.05) is 0 Å². The first-order valence-electron chi connectivity index (χ1n) is 6.23. The minimum absolute atomic E-state index is 0.0452. The quantitative estimate of drug-likeness (QED) is 0.362. The Bertz CT molecular complexity index is 475. The van der Waals surface area contributed by atoms with Crippen molar-refractivity contribution < 1.29 is 9.94 Å². The minimum Gasteiger partial charge on any atom is -0.491 e. The SMILES string of the molecule is CN(CCOc1cccc(Cl)c1/C(N)=N/O)C1CC1. The maximum atomic E-state index is 8.77. The molecular weight excluding hydrogens is 266 g/mol. The topological polar surface area (TPSA) is 71.1 Å². The zero-order valence-electron chi connectivity index (χ0n) is 10.8. The third-order valence-electron chi connectivity index (χ3n) is 3.21. The van der Waals surface area contributed by atoms with Gasteiger partial charge in [-0.3, -0.25) is 0 Å². The molecule has 3 N–H and O–H groups in total. The summed E-state index contributed by atoms with van der Waals surface area (Å²) in [5.74, 6) is 0.489. The average molecular weight is 284 g/mol. The smallest absolute Gasteiger partial charge is 0.175 e. The highest BCUT2D eigenvalue weighted by atomic mass is 35.5. The molecule has 0 spiro atoms. The Balaban J connectivity index is 2.00. The number of rotatable bonds is 6. The van der Waals surface area contributed by atoms with Crippen LogP contribution in [0.2, 0.25) is 5.02 Å². The van der Waals surface area contributed by atoms with Gasteiger partial charge in [0.05, 0.1) is 10.6 Å². The first kappa shape index (κ1) is 14.0. The molecule has 6 heteroatoms. The molecule has 1 saturated carbocycles. The van der Waals surface area contributed by atoms with Crippen molar-refractivity contribution in [3.05, 3.63) is 28.8 Å². The highest BCUT2D eigenvalue weighted by Crippen LogP contribution is 2.27. The molecule has 1 aromatic carbocycles. The third kappa shape index (κ3) is 3.52. The van der Waals surface area contributed by atoms with Crippen LogP contribution in [0.1, 0.15) is 18.4 Å². The van der Waals surface area contributed by atoms with Crippen LogP contribution < -0.4 is 10.5 Å². The summed E-state index contributed by atoms with van der Waals surface area (Å²) < 4.78 is 5.69. The van der Waals surface area contributed by atoms with E-state index in [0.717, 1.165) is 6.54 Å². The Morgan fingerprint density at radius 2 is 2.32 bits per heavy atom.